The second kappa shape index (κ2) is 5.61. The molecule has 0 saturated heterocycles. The predicted octanol–water partition coefficient (Wildman–Crippen LogP) is 3.47. The summed E-state index contributed by atoms with van der Waals surface area (Å²) >= 11 is 1.42. The zero-order valence-electron chi connectivity index (χ0n) is 11.4. The van der Waals surface area contributed by atoms with Crippen LogP contribution in [-0.4, -0.2) is 9.55 Å². The standard InChI is InChI=1S/C16H13FN2OS/c1-11-6-7-19(16(20)8-11)9-15-18-14(10-21-15)12-4-2-3-5-13(12)17/h2-8,10H,9H2,1H3. The third-order valence-electron chi connectivity index (χ3n) is 3.16. The molecular formula is C16H13FN2OS. The van der Waals surface area contributed by atoms with E-state index in [-0.39, 0.29) is 11.4 Å². The minimum atomic E-state index is -0.290. The van der Waals surface area contributed by atoms with Crippen molar-refractivity contribution in [1.29, 1.82) is 0 Å². The van der Waals surface area contributed by atoms with Crippen molar-refractivity contribution >= 4 is 11.3 Å². The SMILES string of the molecule is Cc1ccn(Cc2nc(-c3ccccc3F)cs2)c(=O)c1. The molecule has 3 nitrogen and oxygen atoms in total. The van der Waals surface area contributed by atoms with Crippen LogP contribution < -0.4 is 5.56 Å². The molecule has 0 unspecified atom stereocenters. The lowest BCUT2D eigenvalue weighted by atomic mass is 10.2. The predicted molar refractivity (Wildman–Crippen MR) is 82.0 cm³/mol. The molecule has 2 aromatic heterocycles. The van der Waals surface area contributed by atoms with Gasteiger partial charge in [0.05, 0.1) is 12.2 Å². The summed E-state index contributed by atoms with van der Waals surface area (Å²) in [5.74, 6) is -0.290. The first-order chi connectivity index (χ1) is 10.1. The second-order valence-corrected chi connectivity index (χ2v) is 5.72. The topological polar surface area (TPSA) is 34.9 Å². The smallest absolute Gasteiger partial charge is 0.251 e. The molecule has 0 aliphatic carbocycles. The molecule has 21 heavy (non-hydrogen) atoms. The van der Waals surface area contributed by atoms with E-state index in [2.05, 4.69) is 4.98 Å². The summed E-state index contributed by atoms with van der Waals surface area (Å²) in [5, 5.41) is 2.59. The molecule has 0 fully saturated rings. The van der Waals surface area contributed by atoms with E-state index in [9.17, 15) is 9.18 Å². The van der Waals surface area contributed by atoms with Crippen LogP contribution in [0.2, 0.25) is 0 Å². The van der Waals surface area contributed by atoms with E-state index in [0.717, 1.165) is 10.6 Å². The Morgan fingerprint density at radius 1 is 1.29 bits per heavy atom. The van der Waals surface area contributed by atoms with Crippen molar-refractivity contribution in [1.82, 2.24) is 9.55 Å². The van der Waals surface area contributed by atoms with Crippen molar-refractivity contribution in [2.24, 2.45) is 0 Å². The minimum absolute atomic E-state index is 0.0577. The Labute approximate surface area is 125 Å². The van der Waals surface area contributed by atoms with E-state index in [0.29, 0.717) is 17.8 Å². The molecular weight excluding hydrogens is 287 g/mol. The van der Waals surface area contributed by atoms with Gasteiger partial charge >= 0.3 is 0 Å². The van der Waals surface area contributed by atoms with Crippen molar-refractivity contribution in [2.45, 2.75) is 13.5 Å². The molecule has 106 valence electrons. The van der Waals surface area contributed by atoms with E-state index in [1.807, 2.05) is 18.4 Å². The van der Waals surface area contributed by atoms with Gasteiger partial charge in [0, 0.05) is 23.2 Å². The summed E-state index contributed by atoms with van der Waals surface area (Å²) < 4.78 is 15.3. The van der Waals surface area contributed by atoms with E-state index in [1.54, 1.807) is 35.0 Å². The molecule has 0 aliphatic rings. The Kier molecular flexibility index (Phi) is 3.66. The highest BCUT2D eigenvalue weighted by Crippen LogP contribution is 2.24. The zero-order valence-corrected chi connectivity index (χ0v) is 12.2. The number of hydrogen-bond donors (Lipinski definition) is 0. The fourth-order valence-electron chi connectivity index (χ4n) is 2.06. The molecule has 3 rings (SSSR count). The van der Waals surface area contributed by atoms with Gasteiger partial charge in [-0.15, -0.1) is 11.3 Å². The maximum atomic E-state index is 13.7. The summed E-state index contributed by atoms with van der Waals surface area (Å²) in [6.07, 6.45) is 1.75. The largest absolute Gasteiger partial charge is 0.309 e. The lowest BCUT2D eigenvalue weighted by molar-refractivity contribution is 0.630. The molecule has 5 heteroatoms. The van der Waals surface area contributed by atoms with Crippen LogP contribution in [0.5, 0.6) is 0 Å². The average molecular weight is 300 g/mol. The van der Waals surface area contributed by atoms with Gasteiger partial charge in [0.25, 0.3) is 5.56 Å². The van der Waals surface area contributed by atoms with Crippen LogP contribution in [0.1, 0.15) is 10.6 Å². The summed E-state index contributed by atoms with van der Waals surface area (Å²) in [5.41, 5.74) is 1.96. The molecule has 2 heterocycles. The first kappa shape index (κ1) is 13.7. The molecule has 0 N–H and O–H groups in total. The van der Waals surface area contributed by atoms with E-state index < -0.39 is 0 Å². The van der Waals surface area contributed by atoms with Crippen LogP contribution in [-0.2, 0) is 6.54 Å². The van der Waals surface area contributed by atoms with Crippen molar-refractivity contribution < 1.29 is 4.39 Å². The quantitative estimate of drug-likeness (QED) is 0.742. The van der Waals surface area contributed by atoms with Crippen LogP contribution in [0, 0.1) is 12.7 Å². The molecule has 0 bridgehead atoms. The first-order valence-electron chi connectivity index (χ1n) is 6.50. The summed E-state index contributed by atoms with van der Waals surface area (Å²) in [6.45, 7) is 2.28. The molecule has 0 spiro atoms. The van der Waals surface area contributed by atoms with Gasteiger partial charge in [-0.05, 0) is 30.7 Å². The van der Waals surface area contributed by atoms with Gasteiger partial charge in [0.2, 0.25) is 0 Å². The van der Waals surface area contributed by atoms with Crippen molar-refractivity contribution in [2.75, 3.05) is 0 Å². The normalized spacial score (nSPS) is 10.8. The maximum Gasteiger partial charge on any atom is 0.251 e. The second-order valence-electron chi connectivity index (χ2n) is 4.78. The molecule has 1 aromatic carbocycles. The van der Waals surface area contributed by atoms with Gasteiger partial charge in [-0.3, -0.25) is 4.79 Å². The number of pyridine rings is 1. The average Bonchev–Trinajstić information content (AvgIpc) is 2.91. The third kappa shape index (κ3) is 2.92. The number of halogens is 1. The van der Waals surface area contributed by atoms with Crippen molar-refractivity contribution in [3.63, 3.8) is 0 Å². The van der Waals surface area contributed by atoms with E-state index >= 15 is 0 Å². The number of aromatic nitrogens is 2. The highest BCUT2D eigenvalue weighted by atomic mass is 32.1. The lowest BCUT2D eigenvalue weighted by Gasteiger charge is -2.03. The number of aryl methyl sites for hydroxylation is 1. The Morgan fingerprint density at radius 2 is 2.10 bits per heavy atom. The summed E-state index contributed by atoms with van der Waals surface area (Å²) in [4.78, 5) is 16.3. The Morgan fingerprint density at radius 3 is 2.86 bits per heavy atom. The number of nitrogens with zero attached hydrogens (tertiary/aromatic N) is 2. The Bertz CT molecular complexity index is 838. The van der Waals surface area contributed by atoms with Crippen LogP contribution in [0.3, 0.4) is 0 Å². The Balaban J connectivity index is 1.89. The van der Waals surface area contributed by atoms with E-state index in [4.69, 9.17) is 0 Å². The van der Waals surface area contributed by atoms with Crippen LogP contribution >= 0.6 is 11.3 Å². The fourth-order valence-corrected chi connectivity index (χ4v) is 2.85. The van der Waals surface area contributed by atoms with Gasteiger partial charge in [0.15, 0.2) is 0 Å². The number of hydrogen-bond acceptors (Lipinski definition) is 3. The highest BCUT2D eigenvalue weighted by Gasteiger charge is 2.09. The summed E-state index contributed by atoms with van der Waals surface area (Å²) in [7, 11) is 0. The number of benzene rings is 1. The van der Waals surface area contributed by atoms with Gasteiger partial charge < -0.3 is 4.57 Å². The van der Waals surface area contributed by atoms with Gasteiger partial charge in [0.1, 0.15) is 10.8 Å². The van der Waals surface area contributed by atoms with Gasteiger partial charge in [-0.2, -0.15) is 0 Å². The van der Waals surface area contributed by atoms with Gasteiger partial charge in [-0.1, -0.05) is 12.1 Å². The molecule has 0 atom stereocenters. The number of rotatable bonds is 3. The van der Waals surface area contributed by atoms with Gasteiger partial charge in [-0.25, -0.2) is 9.37 Å². The monoisotopic (exact) mass is 300 g/mol. The molecule has 0 radical (unpaired) electrons. The molecule has 0 saturated carbocycles. The van der Waals surface area contributed by atoms with Crippen LogP contribution in [0.25, 0.3) is 11.3 Å². The van der Waals surface area contributed by atoms with Crippen molar-refractivity contribution in [3.05, 3.63) is 74.7 Å². The molecule has 0 aliphatic heterocycles. The third-order valence-corrected chi connectivity index (χ3v) is 3.99. The van der Waals surface area contributed by atoms with Crippen LogP contribution in [0.4, 0.5) is 4.39 Å². The molecule has 3 aromatic rings. The minimum Gasteiger partial charge on any atom is -0.309 e. The van der Waals surface area contributed by atoms with E-state index in [1.165, 1.54) is 17.4 Å². The zero-order chi connectivity index (χ0) is 14.8. The molecule has 0 amide bonds. The summed E-state index contributed by atoms with van der Waals surface area (Å²) in [6, 6.07) is 10.0. The van der Waals surface area contributed by atoms with Crippen LogP contribution in [0.15, 0.2) is 52.8 Å². The fraction of sp³-hybridized carbons (Fsp3) is 0.125. The number of thiazole rings is 1. The first-order valence-corrected chi connectivity index (χ1v) is 7.38. The lowest BCUT2D eigenvalue weighted by Crippen LogP contribution is -2.19. The Hall–Kier alpha value is -2.27. The maximum absolute atomic E-state index is 13.7. The van der Waals surface area contributed by atoms with Crippen molar-refractivity contribution in [3.8, 4) is 11.3 Å². The highest BCUT2D eigenvalue weighted by molar-refractivity contribution is 7.09.